The molecule has 0 amide bonds. The second-order valence-electron chi connectivity index (χ2n) is 7.06. The monoisotopic (exact) mass is 363 g/mol. The summed E-state index contributed by atoms with van der Waals surface area (Å²) in [5, 5.41) is 0.696. The van der Waals surface area contributed by atoms with Gasteiger partial charge in [0.15, 0.2) is 0 Å². The minimum absolute atomic E-state index is 0.308. The van der Waals surface area contributed by atoms with Gasteiger partial charge in [-0.15, -0.1) is 0 Å². The minimum Gasteiger partial charge on any atom is -0.399 e. The van der Waals surface area contributed by atoms with E-state index in [0.29, 0.717) is 10.3 Å². The van der Waals surface area contributed by atoms with Gasteiger partial charge in [0, 0.05) is 5.46 Å². The highest BCUT2D eigenvalue weighted by Crippen LogP contribution is 2.39. The highest BCUT2D eigenvalue weighted by Gasteiger charge is 2.53. The van der Waals surface area contributed by atoms with Crippen LogP contribution in [0.5, 0.6) is 0 Å². The predicted octanol–water partition coefficient (Wildman–Crippen LogP) is 4.66. The van der Waals surface area contributed by atoms with Crippen molar-refractivity contribution in [3.05, 3.63) is 46.2 Å². The fraction of sp³-hybridized carbons (Fsp3) is 0.389. The van der Waals surface area contributed by atoms with E-state index in [1.807, 2.05) is 65.0 Å². The molecule has 0 spiro atoms. The number of pyridine rings is 1. The second-order valence-corrected chi connectivity index (χ2v) is 7.78. The number of halogens is 2. The van der Waals surface area contributed by atoms with Crippen LogP contribution in [0.4, 0.5) is 0 Å². The lowest BCUT2D eigenvalue weighted by Crippen LogP contribution is -2.41. The summed E-state index contributed by atoms with van der Waals surface area (Å²) >= 11 is 12.7. The van der Waals surface area contributed by atoms with Gasteiger partial charge in [0.1, 0.15) is 10.3 Å². The van der Waals surface area contributed by atoms with Gasteiger partial charge in [0.2, 0.25) is 0 Å². The molecule has 6 heteroatoms. The summed E-state index contributed by atoms with van der Waals surface area (Å²) in [6, 6.07) is 9.96. The lowest BCUT2D eigenvalue weighted by molar-refractivity contribution is 0.00578. The highest BCUT2D eigenvalue weighted by atomic mass is 35.5. The molecule has 2 heterocycles. The van der Waals surface area contributed by atoms with Gasteiger partial charge >= 0.3 is 7.12 Å². The summed E-state index contributed by atoms with van der Waals surface area (Å²) in [6.07, 6.45) is 0. The summed E-state index contributed by atoms with van der Waals surface area (Å²) in [5.74, 6) is 0. The predicted molar refractivity (Wildman–Crippen MR) is 100 cm³/mol. The maximum atomic E-state index is 6.47. The molecule has 1 aromatic heterocycles. The Kier molecular flexibility index (Phi) is 4.46. The van der Waals surface area contributed by atoms with E-state index in [4.69, 9.17) is 32.5 Å². The average molecular weight is 364 g/mol. The number of nitrogens with zero attached hydrogens (tertiary/aromatic N) is 1. The van der Waals surface area contributed by atoms with E-state index < -0.39 is 18.3 Å². The van der Waals surface area contributed by atoms with Crippen LogP contribution in [0, 0.1) is 6.92 Å². The summed E-state index contributed by atoms with van der Waals surface area (Å²) < 4.78 is 12.4. The van der Waals surface area contributed by atoms with E-state index in [9.17, 15) is 0 Å². The third-order valence-corrected chi connectivity index (χ3v) is 5.58. The van der Waals surface area contributed by atoms with Gasteiger partial charge in [-0.1, -0.05) is 53.5 Å². The van der Waals surface area contributed by atoms with Gasteiger partial charge in [-0.05, 0) is 51.3 Å². The quantitative estimate of drug-likeness (QED) is 0.574. The smallest absolute Gasteiger partial charge is 0.399 e. The Morgan fingerprint density at radius 3 is 2.00 bits per heavy atom. The Hall–Kier alpha value is -1.07. The lowest BCUT2D eigenvalue weighted by Gasteiger charge is -2.32. The fourth-order valence-electron chi connectivity index (χ4n) is 2.79. The zero-order valence-corrected chi connectivity index (χ0v) is 16.0. The third-order valence-electron chi connectivity index (χ3n) is 4.92. The van der Waals surface area contributed by atoms with Gasteiger partial charge in [-0.3, -0.25) is 0 Å². The van der Waals surface area contributed by atoms with Gasteiger partial charge in [-0.25, -0.2) is 4.98 Å². The van der Waals surface area contributed by atoms with Crippen molar-refractivity contribution in [1.29, 1.82) is 0 Å². The first-order valence-electron chi connectivity index (χ1n) is 7.90. The third kappa shape index (κ3) is 2.86. The molecule has 1 fully saturated rings. The molecular formula is C18H20BCl2NO2. The molecule has 3 rings (SSSR count). The SMILES string of the molecule is Cc1c(Cl)nc(Cl)c(B2OC(C)(C)C(C)(C)O2)c1-c1ccccc1. The molecule has 0 N–H and O–H groups in total. The lowest BCUT2D eigenvalue weighted by atomic mass is 9.74. The summed E-state index contributed by atoms with van der Waals surface area (Å²) in [4.78, 5) is 4.27. The molecule has 0 unspecified atom stereocenters. The Bertz CT molecular complexity index is 762. The van der Waals surface area contributed by atoms with E-state index in [0.717, 1.165) is 22.2 Å². The molecule has 0 bridgehead atoms. The standard InChI is InChI=1S/C18H20BCl2NO2/c1-11-13(12-9-7-6-8-10-12)14(16(21)22-15(11)20)19-23-17(2,3)18(4,5)24-19/h6-10H,1-5H3. The molecule has 2 aromatic rings. The van der Waals surface area contributed by atoms with Gasteiger partial charge in [0.05, 0.1) is 11.2 Å². The Morgan fingerprint density at radius 2 is 1.46 bits per heavy atom. The topological polar surface area (TPSA) is 31.4 Å². The van der Waals surface area contributed by atoms with Crippen LogP contribution in [0.25, 0.3) is 11.1 Å². The van der Waals surface area contributed by atoms with Crippen molar-refractivity contribution in [2.75, 3.05) is 0 Å². The maximum Gasteiger partial charge on any atom is 0.498 e. The van der Waals surface area contributed by atoms with Crippen LogP contribution in [0.15, 0.2) is 30.3 Å². The van der Waals surface area contributed by atoms with Crippen molar-refractivity contribution in [3.63, 3.8) is 0 Å². The number of rotatable bonds is 2. The molecular weight excluding hydrogens is 344 g/mol. The number of aromatic nitrogens is 1. The van der Waals surface area contributed by atoms with Crippen molar-refractivity contribution >= 4 is 35.8 Å². The Balaban J connectivity index is 2.21. The van der Waals surface area contributed by atoms with Gasteiger partial charge in [-0.2, -0.15) is 0 Å². The van der Waals surface area contributed by atoms with Crippen molar-refractivity contribution in [2.45, 2.75) is 45.8 Å². The van der Waals surface area contributed by atoms with Crippen molar-refractivity contribution < 1.29 is 9.31 Å². The molecule has 1 aromatic carbocycles. The first-order chi connectivity index (χ1) is 11.1. The summed E-state index contributed by atoms with van der Waals surface area (Å²) in [7, 11) is -0.596. The Labute approximate surface area is 153 Å². The molecule has 1 aliphatic rings. The molecule has 0 aliphatic carbocycles. The van der Waals surface area contributed by atoms with Gasteiger partial charge < -0.3 is 9.31 Å². The van der Waals surface area contributed by atoms with Crippen LogP contribution in [0.2, 0.25) is 10.3 Å². The van der Waals surface area contributed by atoms with Crippen LogP contribution < -0.4 is 5.46 Å². The van der Waals surface area contributed by atoms with E-state index in [1.165, 1.54) is 0 Å². The van der Waals surface area contributed by atoms with Gasteiger partial charge in [0.25, 0.3) is 0 Å². The largest absolute Gasteiger partial charge is 0.498 e. The molecule has 24 heavy (non-hydrogen) atoms. The zero-order valence-electron chi connectivity index (χ0n) is 14.5. The highest BCUT2D eigenvalue weighted by molar-refractivity contribution is 6.67. The number of hydrogen-bond donors (Lipinski definition) is 0. The first kappa shape index (κ1) is 17.7. The average Bonchev–Trinajstić information content (AvgIpc) is 2.71. The molecule has 3 nitrogen and oxygen atoms in total. The van der Waals surface area contributed by atoms with Crippen molar-refractivity contribution in [2.24, 2.45) is 0 Å². The fourth-order valence-corrected chi connectivity index (χ4v) is 3.28. The zero-order chi connectivity index (χ0) is 17.7. The van der Waals surface area contributed by atoms with Crippen LogP contribution in [0.1, 0.15) is 33.3 Å². The second kappa shape index (κ2) is 6.03. The molecule has 1 saturated heterocycles. The molecule has 1 aliphatic heterocycles. The summed E-state index contributed by atoms with van der Waals surface area (Å²) in [6.45, 7) is 9.99. The van der Waals surface area contributed by atoms with Crippen LogP contribution in [0.3, 0.4) is 0 Å². The van der Waals surface area contributed by atoms with E-state index in [1.54, 1.807) is 0 Å². The molecule has 0 saturated carbocycles. The summed E-state index contributed by atoms with van der Waals surface area (Å²) in [5.41, 5.74) is 2.59. The Morgan fingerprint density at radius 1 is 0.917 bits per heavy atom. The number of hydrogen-bond acceptors (Lipinski definition) is 3. The normalized spacial score (nSPS) is 18.9. The molecule has 0 atom stereocenters. The number of benzene rings is 1. The van der Waals surface area contributed by atoms with Crippen LogP contribution >= 0.6 is 23.2 Å². The maximum absolute atomic E-state index is 6.47. The first-order valence-corrected chi connectivity index (χ1v) is 8.66. The van der Waals surface area contributed by atoms with E-state index in [-0.39, 0.29) is 0 Å². The van der Waals surface area contributed by atoms with E-state index >= 15 is 0 Å². The van der Waals surface area contributed by atoms with Crippen LogP contribution in [-0.2, 0) is 9.31 Å². The minimum atomic E-state index is -0.596. The van der Waals surface area contributed by atoms with Crippen LogP contribution in [-0.4, -0.2) is 23.3 Å². The van der Waals surface area contributed by atoms with Crippen molar-refractivity contribution in [3.8, 4) is 11.1 Å². The van der Waals surface area contributed by atoms with Crippen molar-refractivity contribution in [1.82, 2.24) is 4.98 Å². The van der Waals surface area contributed by atoms with E-state index in [2.05, 4.69) is 4.98 Å². The molecule has 126 valence electrons. The molecule has 0 radical (unpaired) electrons.